The Labute approximate surface area is 85.2 Å². The summed E-state index contributed by atoms with van der Waals surface area (Å²) >= 11 is 0. The Bertz CT molecular complexity index is 247. The largest absolute Gasteiger partial charge is 0.395 e. The van der Waals surface area contributed by atoms with Gasteiger partial charge in [0, 0.05) is 18.3 Å². The highest BCUT2D eigenvalue weighted by Gasteiger charge is 2.10. The molecule has 0 radical (unpaired) electrons. The highest BCUT2D eigenvalue weighted by molar-refractivity contribution is 5.07. The first kappa shape index (κ1) is 11.1. The third-order valence-electron chi connectivity index (χ3n) is 2.33. The summed E-state index contributed by atoms with van der Waals surface area (Å²) in [6.45, 7) is 4.29. The lowest BCUT2D eigenvalue weighted by atomic mass is 10.1. The Kier molecular flexibility index (Phi) is 4.56. The summed E-state index contributed by atoms with van der Waals surface area (Å²) < 4.78 is 0. The van der Waals surface area contributed by atoms with Crippen molar-refractivity contribution in [2.75, 3.05) is 6.61 Å². The van der Waals surface area contributed by atoms with Gasteiger partial charge in [-0.25, -0.2) is 0 Å². The highest BCUT2D eigenvalue weighted by Crippen LogP contribution is 2.09. The fourth-order valence-corrected chi connectivity index (χ4v) is 1.37. The predicted octanol–water partition coefficient (Wildman–Crippen LogP) is 1.50. The molecule has 2 atom stereocenters. The van der Waals surface area contributed by atoms with Crippen LogP contribution in [0.3, 0.4) is 0 Å². The van der Waals surface area contributed by atoms with Gasteiger partial charge in [0.2, 0.25) is 0 Å². The first-order chi connectivity index (χ1) is 6.77. The average molecular weight is 194 g/mol. The Morgan fingerprint density at radius 1 is 1.50 bits per heavy atom. The van der Waals surface area contributed by atoms with Gasteiger partial charge in [-0.1, -0.05) is 13.0 Å². The topological polar surface area (TPSA) is 45.1 Å². The van der Waals surface area contributed by atoms with Gasteiger partial charge in [0.05, 0.1) is 12.3 Å². The van der Waals surface area contributed by atoms with E-state index in [1.165, 1.54) is 0 Å². The van der Waals surface area contributed by atoms with Gasteiger partial charge in [-0.15, -0.1) is 0 Å². The molecule has 0 saturated heterocycles. The van der Waals surface area contributed by atoms with Crippen LogP contribution >= 0.6 is 0 Å². The number of aliphatic hydroxyl groups is 1. The van der Waals surface area contributed by atoms with Gasteiger partial charge in [0.25, 0.3) is 0 Å². The van der Waals surface area contributed by atoms with Crippen molar-refractivity contribution in [3.8, 4) is 0 Å². The third-order valence-corrected chi connectivity index (χ3v) is 2.33. The van der Waals surface area contributed by atoms with Gasteiger partial charge in [-0.2, -0.15) is 0 Å². The number of aromatic nitrogens is 1. The summed E-state index contributed by atoms with van der Waals surface area (Å²) in [5.74, 6) is 0. The van der Waals surface area contributed by atoms with E-state index in [1.54, 1.807) is 6.20 Å². The maximum absolute atomic E-state index is 9.04. The molecule has 1 rings (SSSR count). The van der Waals surface area contributed by atoms with Crippen molar-refractivity contribution >= 4 is 0 Å². The van der Waals surface area contributed by atoms with Crippen molar-refractivity contribution < 1.29 is 5.11 Å². The molecule has 0 fully saturated rings. The third kappa shape index (κ3) is 3.09. The first-order valence-corrected chi connectivity index (χ1v) is 5.05. The van der Waals surface area contributed by atoms with Crippen LogP contribution in [-0.4, -0.2) is 22.7 Å². The number of nitrogens with zero attached hydrogens (tertiary/aromatic N) is 1. The summed E-state index contributed by atoms with van der Waals surface area (Å²) in [6, 6.07) is 6.21. The molecule has 0 amide bonds. The smallest absolute Gasteiger partial charge is 0.0584 e. The monoisotopic (exact) mass is 194 g/mol. The second kappa shape index (κ2) is 5.73. The Balaban J connectivity index is 2.54. The Morgan fingerprint density at radius 2 is 2.29 bits per heavy atom. The maximum atomic E-state index is 9.04. The predicted molar refractivity (Wildman–Crippen MR) is 57.0 cm³/mol. The number of hydrogen-bond acceptors (Lipinski definition) is 3. The van der Waals surface area contributed by atoms with Crippen LogP contribution in [0.25, 0.3) is 0 Å². The summed E-state index contributed by atoms with van der Waals surface area (Å²) in [7, 11) is 0. The van der Waals surface area contributed by atoms with E-state index in [0.29, 0.717) is 0 Å². The molecule has 14 heavy (non-hydrogen) atoms. The van der Waals surface area contributed by atoms with Crippen LogP contribution in [-0.2, 0) is 0 Å². The minimum Gasteiger partial charge on any atom is -0.395 e. The fraction of sp³-hybridized carbons (Fsp3) is 0.545. The molecule has 0 bridgehead atoms. The van der Waals surface area contributed by atoms with E-state index >= 15 is 0 Å². The van der Waals surface area contributed by atoms with E-state index in [2.05, 4.69) is 24.1 Å². The van der Waals surface area contributed by atoms with E-state index in [-0.39, 0.29) is 18.7 Å². The molecule has 0 aromatic carbocycles. The lowest BCUT2D eigenvalue weighted by Gasteiger charge is -2.19. The van der Waals surface area contributed by atoms with Crippen LogP contribution in [0.4, 0.5) is 0 Å². The number of aliphatic hydroxyl groups excluding tert-OH is 1. The van der Waals surface area contributed by atoms with Gasteiger partial charge in [-0.3, -0.25) is 4.98 Å². The Morgan fingerprint density at radius 3 is 2.79 bits per heavy atom. The second-order valence-corrected chi connectivity index (χ2v) is 3.43. The number of hydrogen-bond donors (Lipinski definition) is 2. The van der Waals surface area contributed by atoms with E-state index < -0.39 is 0 Å². The zero-order valence-electron chi connectivity index (χ0n) is 8.77. The zero-order chi connectivity index (χ0) is 10.4. The average Bonchev–Trinajstić information content (AvgIpc) is 2.26. The van der Waals surface area contributed by atoms with E-state index in [1.807, 2.05) is 18.2 Å². The second-order valence-electron chi connectivity index (χ2n) is 3.43. The molecule has 0 aliphatic heterocycles. The molecular weight excluding hydrogens is 176 g/mol. The molecule has 3 nitrogen and oxygen atoms in total. The molecule has 1 aromatic rings. The molecular formula is C11H18N2O. The molecule has 0 spiro atoms. The van der Waals surface area contributed by atoms with Crippen LogP contribution in [0, 0.1) is 0 Å². The molecule has 3 heteroatoms. The van der Waals surface area contributed by atoms with Crippen molar-refractivity contribution in [2.45, 2.75) is 32.4 Å². The molecule has 0 saturated carbocycles. The summed E-state index contributed by atoms with van der Waals surface area (Å²) in [4.78, 5) is 4.26. The molecule has 1 heterocycles. The van der Waals surface area contributed by atoms with Crippen LogP contribution < -0.4 is 5.32 Å². The fourth-order valence-electron chi connectivity index (χ4n) is 1.37. The number of nitrogens with one attached hydrogen (secondary N) is 1. The van der Waals surface area contributed by atoms with Gasteiger partial charge < -0.3 is 10.4 Å². The minimum absolute atomic E-state index is 0.159. The van der Waals surface area contributed by atoms with Crippen molar-refractivity contribution in [3.05, 3.63) is 30.1 Å². The normalized spacial score (nSPS) is 15.1. The van der Waals surface area contributed by atoms with Crippen LogP contribution in [0.1, 0.15) is 32.0 Å². The van der Waals surface area contributed by atoms with Gasteiger partial charge in [0.1, 0.15) is 0 Å². The molecule has 0 aliphatic carbocycles. The van der Waals surface area contributed by atoms with Crippen LogP contribution in [0.2, 0.25) is 0 Å². The lowest BCUT2D eigenvalue weighted by Crippen LogP contribution is -2.34. The van der Waals surface area contributed by atoms with Crippen LogP contribution in [0.15, 0.2) is 24.4 Å². The lowest BCUT2D eigenvalue weighted by molar-refractivity contribution is 0.229. The molecule has 0 aliphatic rings. The van der Waals surface area contributed by atoms with Crippen molar-refractivity contribution in [3.63, 3.8) is 0 Å². The van der Waals surface area contributed by atoms with Gasteiger partial charge in [-0.05, 0) is 25.5 Å². The van der Waals surface area contributed by atoms with Gasteiger partial charge >= 0.3 is 0 Å². The van der Waals surface area contributed by atoms with E-state index in [0.717, 1.165) is 12.1 Å². The molecule has 1 aromatic heterocycles. The molecule has 2 N–H and O–H groups in total. The van der Waals surface area contributed by atoms with E-state index in [4.69, 9.17) is 5.11 Å². The summed E-state index contributed by atoms with van der Waals surface area (Å²) in [5, 5.41) is 12.4. The van der Waals surface area contributed by atoms with Crippen LogP contribution in [0.5, 0.6) is 0 Å². The SMILES string of the molecule is CC[C@H](CO)N[C@H](C)c1ccccn1. The zero-order valence-corrected chi connectivity index (χ0v) is 8.77. The van der Waals surface area contributed by atoms with Crippen molar-refractivity contribution in [1.29, 1.82) is 0 Å². The molecule has 78 valence electrons. The maximum Gasteiger partial charge on any atom is 0.0584 e. The van der Waals surface area contributed by atoms with Crippen molar-refractivity contribution in [1.82, 2.24) is 10.3 Å². The van der Waals surface area contributed by atoms with Crippen molar-refractivity contribution in [2.24, 2.45) is 0 Å². The summed E-state index contributed by atoms with van der Waals surface area (Å²) in [6.07, 6.45) is 2.71. The standard InChI is InChI=1S/C11H18N2O/c1-3-10(8-14)13-9(2)11-6-4-5-7-12-11/h4-7,9-10,13-14H,3,8H2,1-2H3/t9-,10-/m1/s1. The van der Waals surface area contributed by atoms with Gasteiger partial charge in [0.15, 0.2) is 0 Å². The van der Waals surface area contributed by atoms with E-state index in [9.17, 15) is 0 Å². The number of rotatable bonds is 5. The summed E-state index contributed by atoms with van der Waals surface area (Å²) in [5.41, 5.74) is 1.01. The quantitative estimate of drug-likeness (QED) is 0.746. The first-order valence-electron chi connectivity index (χ1n) is 5.05. The molecule has 0 unspecified atom stereocenters. The minimum atomic E-state index is 0.159. The number of pyridine rings is 1. The Hall–Kier alpha value is -0.930. The highest BCUT2D eigenvalue weighted by atomic mass is 16.3.